The van der Waals surface area contributed by atoms with Crippen molar-refractivity contribution >= 4 is 35.4 Å². The van der Waals surface area contributed by atoms with E-state index in [1.165, 1.54) is 0 Å². The Hall–Kier alpha value is -2.60. The first-order valence-electron chi connectivity index (χ1n) is 15.9. The Morgan fingerprint density at radius 1 is 0.909 bits per heavy atom. The van der Waals surface area contributed by atoms with Gasteiger partial charge in [0, 0.05) is 31.1 Å². The number of carbonyl (C=O) groups is 4. The molecule has 12 heteroatoms. The van der Waals surface area contributed by atoms with Crippen LogP contribution in [0.15, 0.2) is 6.07 Å². The zero-order valence-electron chi connectivity index (χ0n) is 28.5. The van der Waals surface area contributed by atoms with Crippen LogP contribution in [0.4, 0.5) is 0 Å². The molecule has 0 fully saturated rings. The molecule has 0 saturated carbocycles. The number of amides is 4. The van der Waals surface area contributed by atoms with Crippen molar-refractivity contribution in [3.8, 4) is 0 Å². The van der Waals surface area contributed by atoms with Crippen molar-refractivity contribution in [2.24, 2.45) is 23.7 Å². The van der Waals surface area contributed by atoms with Crippen molar-refractivity contribution in [3.05, 3.63) is 17.5 Å². The summed E-state index contributed by atoms with van der Waals surface area (Å²) in [5.74, 6) is -0.758. The van der Waals surface area contributed by atoms with Crippen molar-refractivity contribution in [2.75, 3.05) is 18.6 Å². The van der Waals surface area contributed by atoms with E-state index in [2.05, 4.69) is 26.4 Å². The summed E-state index contributed by atoms with van der Waals surface area (Å²) in [6.45, 7) is 18.2. The van der Waals surface area contributed by atoms with Gasteiger partial charge in [0.1, 0.15) is 12.1 Å². The lowest BCUT2D eigenvalue weighted by Crippen LogP contribution is -2.54. The molecule has 0 aliphatic rings. The largest absolute Gasteiger partial charge is 0.391 e. The third-order valence-corrected chi connectivity index (χ3v) is 8.05. The van der Waals surface area contributed by atoms with Gasteiger partial charge in [-0.2, -0.15) is 16.9 Å². The number of rotatable bonds is 20. The van der Waals surface area contributed by atoms with Crippen LogP contribution in [0.25, 0.3) is 0 Å². The number of hydrogen-bond donors (Lipinski definition) is 5. The molecule has 5 N–H and O–H groups in total. The van der Waals surface area contributed by atoms with E-state index in [1.807, 2.05) is 67.7 Å². The van der Waals surface area contributed by atoms with Gasteiger partial charge < -0.3 is 26.4 Å². The highest BCUT2D eigenvalue weighted by atomic mass is 32.2. The van der Waals surface area contributed by atoms with Gasteiger partial charge in [-0.3, -0.25) is 23.9 Å². The molecule has 0 aromatic carbocycles. The summed E-state index contributed by atoms with van der Waals surface area (Å²) in [6, 6.07) is -0.107. The summed E-state index contributed by atoms with van der Waals surface area (Å²) in [7, 11) is 0. The molecule has 0 spiro atoms. The normalized spacial score (nSPS) is 15.0. The second-order valence-corrected chi connectivity index (χ2v) is 14.1. The van der Waals surface area contributed by atoms with Crippen molar-refractivity contribution in [1.29, 1.82) is 0 Å². The lowest BCUT2D eigenvalue weighted by Gasteiger charge is -2.30. The van der Waals surface area contributed by atoms with Crippen LogP contribution < -0.4 is 21.3 Å². The van der Waals surface area contributed by atoms with Gasteiger partial charge in [0.2, 0.25) is 23.6 Å². The van der Waals surface area contributed by atoms with E-state index in [1.54, 1.807) is 23.4 Å². The number of thioether (sulfide) groups is 1. The van der Waals surface area contributed by atoms with Gasteiger partial charge in [0.05, 0.1) is 17.8 Å². The molecule has 44 heavy (non-hydrogen) atoms. The standard InChI is InChI=1S/C32H58N6O5S/c1-19(2)15-26(27(39)16-22(7)30(41)36-29(21(5)6)32(43)33-18-20(3)4)35-31(42)25(12-14-44-10)34-28(40)11-13-38-24(9)17-23(8)37-38/h17,19-22,25-27,29,39H,11-16,18H2,1-10H3,(H,33,43)(H,34,40)(H,35,42)(H,36,41)/t22-,25+,26+,27+,29+/m1/s1. The molecule has 0 unspecified atom stereocenters. The molecule has 1 aromatic heterocycles. The van der Waals surface area contributed by atoms with Crippen LogP contribution in [0.2, 0.25) is 0 Å². The number of aliphatic hydroxyl groups excluding tert-OH is 1. The minimum Gasteiger partial charge on any atom is -0.391 e. The summed E-state index contributed by atoms with van der Waals surface area (Å²) >= 11 is 1.58. The Kier molecular flexibility index (Phi) is 17.7. The lowest BCUT2D eigenvalue weighted by molar-refractivity contribution is -0.132. The van der Waals surface area contributed by atoms with Crippen LogP contribution in [-0.4, -0.2) is 81.3 Å². The topological polar surface area (TPSA) is 154 Å². The molecule has 11 nitrogen and oxygen atoms in total. The Morgan fingerprint density at radius 2 is 1.57 bits per heavy atom. The Balaban J connectivity index is 2.89. The molecule has 1 aromatic rings. The van der Waals surface area contributed by atoms with E-state index in [9.17, 15) is 24.3 Å². The molecule has 5 atom stereocenters. The minimum absolute atomic E-state index is 0.104. The second kappa shape index (κ2) is 19.7. The third kappa shape index (κ3) is 14.5. The van der Waals surface area contributed by atoms with Crippen LogP contribution in [-0.2, 0) is 25.7 Å². The number of aryl methyl sites for hydroxylation is 3. The minimum atomic E-state index is -1.00. The van der Waals surface area contributed by atoms with Crippen LogP contribution >= 0.6 is 11.8 Å². The molecule has 252 valence electrons. The van der Waals surface area contributed by atoms with E-state index in [0.717, 1.165) is 11.4 Å². The highest BCUT2D eigenvalue weighted by Crippen LogP contribution is 2.17. The SMILES string of the molecule is CSCC[C@H](NC(=O)CCn1nc(C)cc1C)C(=O)N[C@@H](CC(C)C)[C@@H](O)C[C@@H](C)C(=O)N[C@H](C(=O)NCC(C)C)C(C)C. The zero-order valence-corrected chi connectivity index (χ0v) is 29.3. The van der Waals surface area contributed by atoms with Crippen molar-refractivity contribution in [2.45, 2.75) is 119 Å². The predicted octanol–water partition coefficient (Wildman–Crippen LogP) is 2.96. The average Bonchev–Trinajstić information content (AvgIpc) is 3.26. The molecule has 4 amide bonds. The smallest absolute Gasteiger partial charge is 0.242 e. The van der Waals surface area contributed by atoms with Gasteiger partial charge in [0.15, 0.2) is 0 Å². The van der Waals surface area contributed by atoms with E-state index >= 15 is 0 Å². The number of aliphatic hydroxyl groups is 1. The van der Waals surface area contributed by atoms with Crippen LogP contribution in [0.3, 0.4) is 0 Å². The maximum absolute atomic E-state index is 13.4. The molecule has 0 radical (unpaired) electrons. The zero-order chi connectivity index (χ0) is 33.6. The lowest BCUT2D eigenvalue weighted by atomic mass is 9.91. The first-order valence-corrected chi connectivity index (χ1v) is 17.3. The molecular weight excluding hydrogens is 580 g/mol. The summed E-state index contributed by atoms with van der Waals surface area (Å²) in [4.78, 5) is 52.1. The summed E-state index contributed by atoms with van der Waals surface area (Å²) in [6.07, 6.45) is 2.16. The fraction of sp³-hybridized carbons (Fsp3) is 0.781. The Morgan fingerprint density at radius 3 is 2.09 bits per heavy atom. The van der Waals surface area contributed by atoms with Gasteiger partial charge in [-0.05, 0) is 68.9 Å². The molecule has 0 aliphatic carbocycles. The van der Waals surface area contributed by atoms with Gasteiger partial charge in [-0.1, -0.05) is 48.5 Å². The Bertz CT molecular complexity index is 1060. The summed E-state index contributed by atoms with van der Waals surface area (Å²) < 4.78 is 1.78. The fourth-order valence-corrected chi connectivity index (χ4v) is 5.33. The molecule has 1 rings (SSSR count). The molecular formula is C32H58N6O5S. The molecule has 0 bridgehead atoms. The van der Waals surface area contributed by atoms with E-state index < -0.39 is 30.1 Å². The second-order valence-electron chi connectivity index (χ2n) is 13.1. The fourth-order valence-electron chi connectivity index (χ4n) is 4.86. The number of aromatic nitrogens is 2. The van der Waals surface area contributed by atoms with E-state index in [0.29, 0.717) is 31.7 Å². The number of carbonyl (C=O) groups excluding carboxylic acids is 4. The highest BCUT2D eigenvalue weighted by molar-refractivity contribution is 7.98. The Labute approximate surface area is 268 Å². The molecule has 0 saturated heterocycles. The monoisotopic (exact) mass is 638 g/mol. The van der Waals surface area contributed by atoms with Gasteiger partial charge in [-0.25, -0.2) is 0 Å². The molecule has 1 heterocycles. The van der Waals surface area contributed by atoms with Gasteiger partial charge >= 0.3 is 0 Å². The maximum Gasteiger partial charge on any atom is 0.242 e. The van der Waals surface area contributed by atoms with Gasteiger partial charge in [-0.15, -0.1) is 0 Å². The number of nitrogens with one attached hydrogen (secondary N) is 4. The predicted molar refractivity (Wildman–Crippen MR) is 177 cm³/mol. The van der Waals surface area contributed by atoms with Crippen molar-refractivity contribution < 1.29 is 24.3 Å². The maximum atomic E-state index is 13.4. The summed E-state index contributed by atoms with van der Waals surface area (Å²) in [5, 5.41) is 27.2. The quantitative estimate of drug-likeness (QED) is 0.147. The van der Waals surface area contributed by atoms with Gasteiger partial charge in [0.25, 0.3) is 0 Å². The van der Waals surface area contributed by atoms with Crippen LogP contribution in [0.5, 0.6) is 0 Å². The summed E-state index contributed by atoms with van der Waals surface area (Å²) in [5.41, 5.74) is 1.85. The van der Waals surface area contributed by atoms with Crippen LogP contribution in [0.1, 0.15) is 85.5 Å². The van der Waals surface area contributed by atoms with Crippen molar-refractivity contribution in [3.63, 3.8) is 0 Å². The number of hydrogen-bond acceptors (Lipinski definition) is 7. The van der Waals surface area contributed by atoms with Crippen LogP contribution in [0, 0.1) is 37.5 Å². The average molecular weight is 639 g/mol. The van der Waals surface area contributed by atoms with E-state index in [-0.39, 0.29) is 54.2 Å². The molecule has 0 aliphatic heterocycles. The third-order valence-electron chi connectivity index (χ3n) is 7.41. The van der Waals surface area contributed by atoms with Crippen molar-refractivity contribution in [1.82, 2.24) is 31.0 Å². The highest BCUT2D eigenvalue weighted by Gasteiger charge is 2.31. The van der Waals surface area contributed by atoms with E-state index in [4.69, 9.17) is 0 Å². The first kappa shape index (κ1) is 39.4. The first-order chi connectivity index (χ1) is 20.5. The number of nitrogens with zero attached hydrogens (tertiary/aromatic N) is 2.